The molecule has 0 amide bonds. The van der Waals surface area contributed by atoms with Crippen LogP contribution in [0.3, 0.4) is 0 Å². The zero-order valence-corrected chi connectivity index (χ0v) is 15.8. The Kier molecular flexibility index (Phi) is 6.05. The molecular formula is C18H15Cl2N5O2. The number of nitrogens with zero attached hydrogens (tertiary/aromatic N) is 3. The number of hydrazone groups is 1. The SMILES string of the molecule is Cc1n[nH]c(=O)nc1N/N=C/c1ccc(OCc2c(Cl)cccc2Cl)cc1. The average molecular weight is 404 g/mol. The van der Waals surface area contributed by atoms with Gasteiger partial charge in [0.05, 0.1) is 6.21 Å². The van der Waals surface area contributed by atoms with Gasteiger partial charge in [-0.2, -0.15) is 15.2 Å². The molecule has 0 aliphatic heterocycles. The van der Waals surface area contributed by atoms with Gasteiger partial charge in [0.15, 0.2) is 5.82 Å². The van der Waals surface area contributed by atoms with Gasteiger partial charge < -0.3 is 4.74 Å². The highest BCUT2D eigenvalue weighted by Crippen LogP contribution is 2.25. The topological polar surface area (TPSA) is 92.3 Å². The number of aromatic amines is 1. The monoisotopic (exact) mass is 403 g/mol. The Labute approximate surface area is 165 Å². The number of nitrogens with one attached hydrogen (secondary N) is 2. The van der Waals surface area contributed by atoms with E-state index in [1.807, 2.05) is 24.3 Å². The molecule has 0 radical (unpaired) electrons. The van der Waals surface area contributed by atoms with Gasteiger partial charge in [0.1, 0.15) is 18.1 Å². The molecule has 3 aromatic rings. The summed E-state index contributed by atoms with van der Waals surface area (Å²) in [5.41, 5.74) is 4.26. The Balaban J connectivity index is 1.60. The van der Waals surface area contributed by atoms with E-state index in [1.165, 1.54) is 0 Å². The summed E-state index contributed by atoms with van der Waals surface area (Å²) < 4.78 is 5.73. The van der Waals surface area contributed by atoms with E-state index in [0.717, 1.165) is 11.1 Å². The summed E-state index contributed by atoms with van der Waals surface area (Å²) in [6.07, 6.45) is 1.59. The van der Waals surface area contributed by atoms with E-state index in [0.29, 0.717) is 27.3 Å². The van der Waals surface area contributed by atoms with Gasteiger partial charge in [0, 0.05) is 15.6 Å². The third-order valence-corrected chi connectivity index (χ3v) is 4.29. The van der Waals surface area contributed by atoms with Crippen molar-refractivity contribution in [3.05, 3.63) is 79.8 Å². The fourth-order valence-electron chi connectivity index (χ4n) is 2.14. The molecule has 0 saturated heterocycles. The highest BCUT2D eigenvalue weighted by atomic mass is 35.5. The summed E-state index contributed by atoms with van der Waals surface area (Å²) in [5, 5.41) is 11.2. The van der Waals surface area contributed by atoms with Crippen molar-refractivity contribution < 1.29 is 4.74 Å². The zero-order valence-electron chi connectivity index (χ0n) is 14.2. The summed E-state index contributed by atoms with van der Waals surface area (Å²) >= 11 is 12.3. The molecule has 3 rings (SSSR count). The van der Waals surface area contributed by atoms with E-state index in [2.05, 4.69) is 25.7 Å². The quantitative estimate of drug-likeness (QED) is 0.482. The van der Waals surface area contributed by atoms with E-state index in [4.69, 9.17) is 27.9 Å². The number of aryl methyl sites for hydroxylation is 1. The summed E-state index contributed by atoms with van der Waals surface area (Å²) in [7, 11) is 0. The predicted octanol–water partition coefficient (Wildman–Crippen LogP) is 3.81. The molecule has 0 aliphatic carbocycles. The van der Waals surface area contributed by atoms with Gasteiger partial charge in [0.25, 0.3) is 0 Å². The van der Waals surface area contributed by atoms with Crippen LogP contribution in [0, 0.1) is 6.92 Å². The van der Waals surface area contributed by atoms with Crippen molar-refractivity contribution in [2.45, 2.75) is 13.5 Å². The molecule has 2 N–H and O–H groups in total. The van der Waals surface area contributed by atoms with Gasteiger partial charge >= 0.3 is 5.69 Å². The van der Waals surface area contributed by atoms with Crippen molar-refractivity contribution in [2.24, 2.45) is 5.10 Å². The summed E-state index contributed by atoms with van der Waals surface area (Å²) in [6.45, 7) is 1.98. The van der Waals surface area contributed by atoms with Crippen molar-refractivity contribution in [3.63, 3.8) is 0 Å². The maximum absolute atomic E-state index is 11.2. The van der Waals surface area contributed by atoms with E-state index in [1.54, 1.807) is 31.3 Å². The Morgan fingerprint density at radius 1 is 1.19 bits per heavy atom. The smallest absolute Gasteiger partial charge is 0.363 e. The minimum atomic E-state index is -0.543. The first-order valence-corrected chi connectivity index (χ1v) is 8.66. The second-order valence-electron chi connectivity index (χ2n) is 5.50. The van der Waals surface area contributed by atoms with E-state index >= 15 is 0 Å². The van der Waals surface area contributed by atoms with Crippen molar-refractivity contribution in [3.8, 4) is 5.75 Å². The molecule has 1 heterocycles. The summed E-state index contributed by atoms with van der Waals surface area (Å²) in [5.74, 6) is 0.971. The molecule has 9 heteroatoms. The highest BCUT2D eigenvalue weighted by molar-refractivity contribution is 6.35. The minimum Gasteiger partial charge on any atom is -0.489 e. The number of aromatic nitrogens is 3. The number of halogens is 2. The molecule has 0 unspecified atom stereocenters. The fourth-order valence-corrected chi connectivity index (χ4v) is 2.65. The molecule has 0 fully saturated rings. The number of hydrogen-bond donors (Lipinski definition) is 2. The molecule has 0 saturated carbocycles. The molecule has 0 spiro atoms. The lowest BCUT2D eigenvalue weighted by Gasteiger charge is -2.09. The lowest BCUT2D eigenvalue weighted by atomic mass is 10.2. The first-order chi connectivity index (χ1) is 13.0. The third kappa shape index (κ3) is 5.06. The molecule has 138 valence electrons. The fraction of sp³-hybridized carbons (Fsp3) is 0.111. The molecule has 2 aromatic carbocycles. The van der Waals surface area contributed by atoms with Crippen molar-refractivity contribution in [1.82, 2.24) is 15.2 Å². The Morgan fingerprint density at radius 2 is 1.89 bits per heavy atom. The largest absolute Gasteiger partial charge is 0.489 e. The number of rotatable bonds is 6. The second kappa shape index (κ2) is 8.66. The van der Waals surface area contributed by atoms with Gasteiger partial charge in [-0.3, -0.25) is 5.43 Å². The highest BCUT2D eigenvalue weighted by Gasteiger charge is 2.06. The van der Waals surface area contributed by atoms with E-state index in [-0.39, 0.29) is 6.61 Å². The molecule has 0 atom stereocenters. The van der Waals surface area contributed by atoms with Crippen LogP contribution in [0.1, 0.15) is 16.8 Å². The summed E-state index contributed by atoms with van der Waals surface area (Å²) in [6, 6.07) is 12.6. The number of hydrogen-bond acceptors (Lipinski definition) is 6. The Bertz CT molecular complexity index is 999. The van der Waals surface area contributed by atoms with Crippen LogP contribution in [0.15, 0.2) is 52.4 Å². The van der Waals surface area contributed by atoms with Gasteiger partial charge in [-0.15, -0.1) is 0 Å². The van der Waals surface area contributed by atoms with Crippen LogP contribution in [-0.4, -0.2) is 21.4 Å². The Hall–Kier alpha value is -2.90. The van der Waals surface area contributed by atoms with Crippen LogP contribution >= 0.6 is 23.2 Å². The lowest BCUT2D eigenvalue weighted by Crippen LogP contribution is -2.15. The number of anilines is 1. The van der Waals surface area contributed by atoms with E-state index in [9.17, 15) is 4.79 Å². The molecular weight excluding hydrogens is 389 g/mol. The van der Waals surface area contributed by atoms with Gasteiger partial charge in [0.2, 0.25) is 0 Å². The molecule has 0 aliphatic rings. The van der Waals surface area contributed by atoms with Crippen molar-refractivity contribution >= 4 is 35.2 Å². The maximum atomic E-state index is 11.2. The third-order valence-electron chi connectivity index (χ3n) is 3.58. The summed E-state index contributed by atoms with van der Waals surface area (Å²) in [4.78, 5) is 14.9. The van der Waals surface area contributed by atoms with Crippen LogP contribution in [0.25, 0.3) is 0 Å². The van der Waals surface area contributed by atoms with Crippen LogP contribution in [-0.2, 0) is 6.61 Å². The zero-order chi connectivity index (χ0) is 19.2. The number of benzene rings is 2. The van der Waals surface area contributed by atoms with Gasteiger partial charge in [-0.1, -0.05) is 29.3 Å². The van der Waals surface area contributed by atoms with Crippen LogP contribution in [0.5, 0.6) is 5.75 Å². The van der Waals surface area contributed by atoms with Crippen LogP contribution in [0.2, 0.25) is 10.0 Å². The van der Waals surface area contributed by atoms with Crippen molar-refractivity contribution in [1.29, 1.82) is 0 Å². The van der Waals surface area contributed by atoms with E-state index < -0.39 is 5.69 Å². The van der Waals surface area contributed by atoms with Gasteiger partial charge in [-0.25, -0.2) is 9.89 Å². The van der Waals surface area contributed by atoms with Crippen LogP contribution in [0.4, 0.5) is 5.82 Å². The lowest BCUT2D eigenvalue weighted by molar-refractivity contribution is 0.306. The molecule has 27 heavy (non-hydrogen) atoms. The minimum absolute atomic E-state index is 0.272. The predicted molar refractivity (Wildman–Crippen MR) is 106 cm³/mol. The maximum Gasteiger partial charge on any atom is 0.363 e. The molecule has 0 bridgehead atoms. The molecule has 1 aromatic heterocycles. The number of H-pyrrole nitrogens is 1. The van der Waals surface area contributed by atoms with Crippen molar-refractivity contribution in [2.75, 3.05) is 5.43 Å². The standard InChI is InChI=1S/C18H15Cl2N5O2/c1-11-17(22-18(26)25-23-11)24-21-9-12-5-7-13(8-6-12)27-10-14-15(19)3-2-4-16(14)20/h2-9H,10H2,1H3,(H2,22,24,25,26)/b21-9+. The first-order valence-electron chi connectivity index (χ1n) is 7.91. The number of ether oxygens (including phenoxy) is 1. The second-order valence-corrected chi connectivity index (χ2v) is 6.32. The van der Waals surface area contributed by atoms with Crippen LogP contribution < -0.4 is 15.9 Å². The molecule has 7 nitrogen and oxygen atoms in total. The normalized spacial score (nSPS) is 10.9. The average Bonchev–Trinajstić information content (AvgIpc) is 2.65. The Morgan fingerprint density at radius 3 is 2.59 bits per heavy atom. The first kappa shape index (κ1) is 18.9. The van der Waals surface area contributed by atoms with Gasteiger partial charge in [-0.05, 0) is 48.9 Å².